The molecule has 0 saturated heterocycles. The first-order valence-corrected chi connectivity index (χ1v) is 13.3. The number of nitrogen functional groups attached to an aromatic ring is 1. The van der Waals surface area contributed by atoms with E-state index in [-0.39, 0.29) is 25.0 Å². The maximum absolute atomic E-state index is 14.5. The molecule has 0 spiro atoms. The molecule has 0 saturated carbocycles. The zero-order valence-corrected chi connectivity index (χ0v) is 22.9. The molecule has 1 atom stereocenters. The van der Waals surface area contributed by atoms with Crippen LogP contribution in [0.25, 0.3) is 11.3 Å². The third-order valence-corrected chi connectivity index (χ3v) is 6.85. The molecular weight excluding hydrogens is 525 g/mol. The van der Waals surface area contributed by atoms with E-state index in [1.807, 2.05) is 12.1 Å². The molecule has 0 fully saturated rings. The average molecular weight is 558 g/mol. The van der Waals surface area contributed by atoms with Crippen LogP contribution in [0.2, 0.25) is 0 Å². The lowest BCUT2D eigenvalue weighted by molar-refractivity contribution is 0.0923. The van der Waals surface area contributed by atoms with Gasteiger partial charge in [-0.05, 0) is 66.9 Å². The number of hydrogen-bond acceptors (Lipinski definition) is 8. The summed E-state index contributed by atoms with van der Waals surface area (Å²) < 4.78 is 31.9. The highest BCUT2D eigenvalue weighted by atomic mass is 19.1. The lowest BCUT2D eigenvalue weighted by atomic mass is 10.0. The first-order valence-electron chi connectivity index (χ1n) is 13.3. The first kappa shape index (κ1) is 27.9. The summed E-state index contributed by atoms with van der Waals surface area (Å²) in [7, 11) is 1.50. The van der Waals surface area contributed by atoms with E-state index in [4.69, 9.17) is 19.9 Å². The van der Waals surface area contributed by atoms with Crippen molar-refractivity contribution in [2.24, 2.45) is 5.92 Å². The molecule has 6 bridgehead atoms. The normalized spacial score (nSPS) is 15.6. The number of nitrogens with zero attached hydrogens (tertiary/aromatic N) is 2. The highest BCUT2D eigenvalue weighted by Gasteiger charge is 2.15. The number of amides is 1. The van der Waals surface area contributed by atoms with E-state index < -0.39 is 5.82 Å². The maximum atomic E-state index is 14.5. The van der Waals surface area contributed by atoms with Crippen LogP contribution >= 0.6 is 0 Å². The predicted octanol–water partition coefficient (Wildman–Crippen LogP) is 5.48. The van der Waals surface area contributed by atoms with Crippen molar-refractivity contribution in [2.45, 2.75) is 26.6 Å². The largest absolute Gasteiger partial charge is 0.496 e. The molecule has 2 aliphatic heterocycles. The van der Waals surface area contributed by atoms with Gasteiger partial charge in [0.2, 0.25) is 5.95 Å². The molecule has 3 heterocycles. The Morgan fingerprint density at radius 1 is 1.12 bits per heavy atom. The molecule has 41 heavy (non-hydrogen) atoms. The van der Waals surface area contributed by atoms with Gasteiger partial charge in [0, 0.05) is 47.4 Å². The van der Waals surface area contributed by atoms with Gasteiger partial charge in [-0.25, -0.2) is 14.4 Å². The van der Waals surface area contributed by atoms with Crippen molar-refractivity contribution < 1.29 is 23.4 Å². The van der Waals surface area contributed by atoms with Crippen LogP contribution in [0.4, 0.5) is 21.7 Å². The summed E-state index contributed by atoms with van der Waals surface area (Å²) >= 11 is 0. The van der Waals surface area contributed by atoms with Gasteiger partial charge in [0.15, 0.2) is 0 Å². The van der Waals surface area contributed by atoms with Crippen LogP contribution in [-0.4, -0.2) is 36.1 Å². The molecule has 2 aliphatic rings. The molecule has 3 aromatic carbocycles. The fraction of sp³-hybridized carbons (Fsp3) is 0.258. The number of hydrogen-bond donors (Lipinski definition) is 3. The maximum Gasteiger partial charge on any atom is 0.251 e. The van der Waals surface area contributed by atoms with Crippen molar-refractivity contribution in [1.29, 1.82) is 0 Å². The number of carbonyl (C=O) groups is 1. The van der Waals surface area contributed by atoms with Crippen molar-refractivity contribution >= 4 is 23.2 Å². The molecular formula is C31H32FN5O4. The average Bonchev–Trinajstić information content (AvgIpc) is 2.97. The molecule has 0 radical (unpaired) electrons. The second-order valence-electron chi connectivity index (χ2n) is 9.88. The van der Waals surface area contributed by atoms with Gasteiger partial charge in [0.1, 0.15) is 23.9 Å². The summed E-state index contributed by atoms with van der Waals surface area (Å²) in [4.78, 5) is 21.7. The number of nitrogens with two attached hydrogens (primary N) is 1. The molecule has 4 N–H and O–H groups in total. The van der Waals surface area contributed by atoms with E-state index in [2.05, 4.69) is 27.5 Å². The first-order chi connectivity index (χ1) is 19.9. The predicted molar refractivity (Wildman–Crippen MR) is 155 cm³/mol. The SMILES string of the molecule is COc1cccc(F)c1COc1ccc2cc1COCC[C@@H](C)CNC(=O)c1ccc(c(N)c1)-c1ccnc(n1)N2. The third-order valence-electron chi connectivity index (χ3n) is 6.85. The highest BCUT2D eigenvalue weighted by molar-refractivity contribution is 5.96. The zero-order chi connectivity index (χ0) is 28.8. The van der Waals surface area contributed by atoms with Crippen molar-refractivity contribution in [3.63, 3.8) is 0 Å². The number of fused-ring (bicyclic) bond motifs is 9. The van der Waals surface area contributed by atoms with Crippen LogP contribution in [0, 0.1) is 11.7 Å². The van der Waals surface area contributed by atoms with Crippen molar-refractivity contribution in [2.75, 3.05) is 31.3 Å². The van der Waals surface area contributed by atoms with Crippen molar-refractivity contribution in [3.8, 4) is 22.8 Å². The Morgan fingerprint density at radius 3 is 2.83 bits per heavy atom. The van der Waals surface area contributed by atoms with Crippen LogP contribution in [0.1, 0.15) is 34.8 Å². The number of aromatic nitrogens is 2. The van der Waals surface area contributed by atoms with Crippen LogP contribution in [0.3, 0.4) is 0 Å². The van der Waals surface area contributed by atoms with Gasteiger partial charge in [-0.1, -0.05) is 13.0 Å². The summed E-state index contributed by atoms with van der Waals surface area (Å²) in [5.41, 5.74) is 10.4. The van der Waals surface area contributed by atoms with E-state index in [0.29, 0.717) is 58.7 Å². The Kier molecular flexibility index (Phi) is 8.59. The minimum Gasteiger partial charge on any atom is -0.496 e. The fourth-order valence-corrected chi connectivity index (χ4v) is 4.50. The van der Waals surface area contributed by atoms with Crippen LogP contribution < -0.4 is 25.8 Å². The van der Waals surface area contributed by atoms with E-state index in [0.717, 1.165) is 17.7 Å². The molecule has 0 aliphatic carbocycles. The van der Waals surface area contributed by atoms with Gasteiger partial charge in [-0.3, -0.25) is 4.79 Å². The molecule has 10 heteroatoms. The van der Waals surface area contributed by atoms with Crippen LogP contribution in [0.15, 0.2) is 66.9 Å². The highest BCUT2D eigenvalue weighted by Crippen LogP contribution is 2.30. The number of anilines is 3. The molecule has 9 nitrogen and oxygen atoms in total. The van der Waals surface area contributed by atoms with E-state index in [1.54, 1.807) is 48.7 Å². The lowest BCUT2D eigenvalue weighted by Gasteiger charge is -2.16. The molecule has 1 aromatic heterocycles. The Balaban J connectivity index is 1.45. The Hall–Kier alpha value is -4.70. The summed E-state index contributed by atoms with van der Waals surface area (Å²) in [6, 6.07) is 17.1. The van der Waals surface area contributed by atoms with Gasteiger partial charge < -0.3 is 30.6 Å². The second kappa shape index (κ2) is 12.6. The van der Waals surface area contributed by atoms with Crippen LogP contribution in [0.5, 0.6) is 11.5 Å². The van der Waals surface area contributed by atoms with E-state index in [1.165, 1.54) is 13.2 Å². The molecule has 4 aromatic rings. The lowest BCUT2D eigenvalue weighted by Crippen LogP contribution is -2.28. The molecule has 0 unspecified atom stereocenters. The van der Waals surface area contributed by atoms with E-state index >= 15 is 0 Å². The number of rotatable bonds is 4. The quantitative estimate of drug-likeness (QED) is 0.282. The Labute approximate surface area is 237 Å². The number of methoxy groups -OCH3 is 1. The van der Waals surface area contributed by atoms with Crippen molar-refractivity contribution in [1.82, 2.24) is 15.3 Å². The van der Waals surface area contributed by atoms with Crippen LogP contribution in [-0.2, 0) is 18.0 Å². The number of ether oxygens (including phenoxy) is 3. The summed E-state index contributed by atoms with van der Waals surface area (Å²) in [5.74, 6) is 0.924. The number of nitrogens with one attached hydrogen (secondary N) is 2. The topological polar surface area (TPSA) is 121 Å². The smallest absolute Gasteiger partial charge is 0.251 e. The molecule has 212 valence electrons. The minimum absolute atomic E-state index is 0.0163. The zero-order valence-electron chi connectivity index (χ0n) is 22.9. The minimum atomic E-state index is -0.405. The summed E-state index contributed by atoms with van der Waals surface area (Å²) in [6.45, 7) is 3.27. The Morgan fingerprint density at radius 2 is 2.00 bits per heavy atom. The monoisotopic (exact) mass is 557 g/mol. The second-order valence-corrected chi connectivity index (χ2v) is 9.88. The van der Waals surface area contributed by atoms with Gasteiger partial charge in [-0.2, -0.15) is 0 Å². The summed E-state index contributed by atoms with van der Waals surface area (Å²) in [5, 5.41) is 6.20. The Bertz CT molecular complexity index is 1550. The standard InChI is InChI=1S/C31H32FN5O4/c1-19-11-13-40-17-21-14-22(7-9-28(21)41-18-24-25(32)4-3-5-29(24)39-2)36-31-34-12-10-27(37-31)23-8-6-20(15-26(23)33)30(38)35-16-19/h3-10,12,14-15,19H,11,13,16-18,33H2,1-2H3,(H,35,38)(H,34,36,37)/t19-/m1/s1. The number of benzene rings is 3. The van der Waals surface area contributed by atoms with Gasteiger partial charge in [0.05, 0.1) is 25.0 Å². The van der Waals surface area contributed by atoms with E-state index in [9.17, 15) is 9.18 Å². The van der Waals surface area contributed by atoms with Crippen molar-refractivity contribution in [3.05, 3.63) is 89.4 Å². The van der Waals surface area contributed by atoms with Gasteiger partial charge in [-0.15, -0.1) is 0 Å². The number of halogens is 1. The molecule has 1 amide bonds. The van der Waals surface area contributed by atoms with Gasteiger partial charge in [0.25, 0.3) is 5.91 Å². The fourth-order valence-electron chi connectivity index (χ4n) is 4.50. The third kappa shape index (κ3) is 6.72. The number of carbonyl (C=O) groups excluding carboxylic acids is 1. The molecule has 6 rings (SSSR count). The summed E-state index contributed by atoms with van der Waals surface area (Å²) in [6.07, 6.45) is 2.37. The van der Waals surface area contributed by atoms with Gasteiger partial charge >= 0.3 is 0 Å².